The van der Waals surface area contributed by atoms with E-state index in [4.69, 9.17) is 0 Å². The standard InChI is InChI=1S/C25H29N3O4S/c1-4-23(25(30)26-2)28(17-19-10-6-5-7-11-19)24(29)18-27(3)33(31,32)22-15-14-20-12-8-9-13-21(20)16-22/h5-16,23H,4,17-18H2,1-3H3,(H,26,30)/t23-/m0/s1. The molecule has 2 amide bonds. The van der Waals surface area contributed by atoms with Crippen molar-refractivity contribution in [2.24, 2.45) is 0 Å². The van der Waals surface area contributed by atoms with Crippen molar-refractivity contribution in [1.82, 2.24) is 14.5 Å². The van der Waals surface area contributed by atoms with E-state index < -0.39 is 22.0 Å². The molecule has 3 aromatic carbocycles. The molecule has 0 spiro atoms. The monoisotopic (exact) mass is 467 g/mol. The Hall–Kier alpha value is -3.23. The number of nitrogens with zero attached hydrogens (tertiary/aromatic N) is 2. The fourth-order valence-electron chi connectivity index (χ4n) is 3.74. The summed E-state index contributed by atoms with van der Waals surface area (Å²) >= 11 is 0. The Morgan fingerprint density at radius 3 is 2.21 bits per heavy atom. The first kappa shape index (κ1) is 24.4. The number of hydrogen-bond donors (Lipinski definition) is 1. The number of fused-ring (bicyclic) bond motifs is 1. The first-order valence-corrected chi connectivity index (χ1v) is 12.2. The highest BCUT2D eigenvalue weighted by Gasteiger charge is 2.31. The summed E-state index contributed by atoms with van der Waals surface area (Å²) in [6.07, 6.45) is 0.402. The SMILES string of the molecule is CC[C@@H](C(=O)NC)N(Cc1ccccc1)C(=O)CN(C)S(=O)(=O)c1ccc2ccccc2c1. The first-order chi connectivity index (χ1) is 15.8. The average Bonchev–Trinajstić information content (AvgIpc) is 2.83. The number of rotatable bonds is 9. The normalized spacial score (nSPS) is 12.5. The summed E-state index contributed by atoms with van der Waals surface area (Å²) in [6.45, 7) is 1.64. The summed E-state index contributed by atoms with van der Waals surface area (Å²) in [5, 5.41) is 4.33. The van der Waals surface area contributed by atoms with E-state index in [1.165, 1.54) is 19.0 Å². The minimum Gasteiger partial charge on any atom is -0.357 e. The number of amides is 2. The lowest BCUT2D eigenvalue weighted by atomic mass is 10.1. The number of hydrogen-bond acceptors (Lipinski definition) is 4. The summed E-state index contributed by atoms with van der Waals surface area (Å²) in [7, 11) is -1.01. The minimum absolute atomic E-state index is 0.115. The highest BCUT2D eigenvalue weighted by atomic mass is 32.2. The maximum Gasteiger partial charge on any atom is 0.243 e. The number of likely N-dealkylation sites (N-methyl/N-ethyl adjacent to an activating group) is 2. The molecule has 8 heteroatoms. The second kappa shape index (κ2) is 10.6. The van der Waals surface area contributed by atoms with Crippen molar-refractivity contribution in [3.05, 3.63) is 78.4 Å². The van der Waals surface area contributed by atoms with Gasteiger partial charge in [-0.25, -0.2) is 8.42 Å². The van der Waals surface area contributed by atoms with Crippen LogP contribution in [-0.4, -0.2) is 56.1 Å². The van der Waals surface area contributed by atoms with E-state index in [9.17, 15) is 18.0 Å². The Bertz CT molecular complexity index is 1230. The Labute approximate surface area is 195 Å². The maximum atomic E-state index is 13.3. The van der Waals surface area contributed by atoms with E-state index in [2.05, 4.69) is 5.32 Å². The third-order valence-corrected chi connectivity index (χ3v) is 7.41. The summed E-state index contributed by atoms with van der Waals surface area (Å²) in [6, 6.07) is 21.0. The Morgan fingerprint density at radius 2 is 1.58 bits per heavy atom. The maximum absolute atomic E-state index is 13.3. The second-order valence-electron chi connectivity index (χ2n) is 7.82. The third kappa shape index (κ3) is 5.58. The van der Waals surface area contributed by atoms with E-state index in [1.807, 2.05) is 61.5 Å². The Morgan fingerprint density at radius 1 is 0.939 bits per heavy atom. The first-order valence-electron chi connectivity index (χ1n) is 10.8. The lowest BCUT2D eigenvalue weighted by Gasteiger charge is -2.31. The van der Waals surface area contributed by atoms with Crippen molar-refractivity contribution in [2.75, 3.05) is 20.6 Å². The van der Waals surface area contributed by atoms with Gasteiger partial charge in [-0.15, -0.1) is 0 Å². The summed E-state index contributed by atoms with van der Waals surface area (Å²) in [5.41, 5.74) is 0.855. The van der Waals surface area contributed by atoms with Crippen LogP contribution >= 0.6 is 0 Å². The molecule has 1 atom stereocenters. The van der Waals surface area contributed by atoms with Gasteiger partial charge in [-0.1, -0.05) is 67.6 Å². The molecule has 7 nitrogen and oxygen atoms in total. The van der Waals surface area contributed by atoms with Crippen molar-refractivity contribution in [3.8, 4) is 0 Å². The van der Waals surface area contributed by atoms with Gasteiger partial charge in [0.05, 0.1) is 11.4 Å². The van der Waals surface area contributed by atoms with Gasteiger partial charge in [0.1, 0.15) is 6.04 Å². The van der Waals surface area contributed by atoms with Crippen LogP contribution < -0.4 is 5.32 Å². The lowest BCUT2D eigenvalue weighted by Crippen LogP contribution is -2.51. The largest absolute Gasteiger partial charge is 0.357 e. The predicted molar refractivity (Wildman–Crippen MR) is 129 cm³/mol. The summed E-state index contributed by atoms with van der Waals surface area (Å²) in [4.78, 5) is 27.3. The van der Waals surface area contributed by atoms with Gasteiger partial charge in [0, 0.05) is 20.6 Å². The van der Waals surface area contributed by atoms with E-state index in [-0.39, 0.29) is 23.9 Å². The molecule has 33 heavy (non-hydrogen) atoms. The zero-order valence-corrected chi connectivity index (χ0v) is 19.9. The zero-order valence-electron chi connectivity index (χ0n) is 19.1. The van der Waals surface area contributed by atoms with Gasteiger partial charge in [-0.05, 0) is 34.9 Å². The molecule has 0 saturated heterocycles. The molecule has 0 radical (unpaired) electrons. The van der Waals surface area contributed by atoms with Crippen LogP contribution in [0, 0.1) is 0 Å². The molecule has 0 aliphatic heterocycles. The van der Waals surface area contributed by atoms with E-state index in [0.29, 0.717) is 6.42 Å². The number of carbonyl (C=O) groups excluding carboxylic acids is 2. The molecule has 0 heterocycles. The van der Waals surface area contributed by atoms with Crippen LogP contribution in [0.3, 0.4) is 0 Å². The molecule has 3 aromatic rings. The molecule has 3 rings (SSSR count). The molecule has 174 valence electrons. The Balaban J connectivity index is 1.86. The average molecular weight is 468 g/mol. The Kier molecular flexibility index (Phi) is 7.84. The fourth-order valence-corrected chi connectivity index (χ4v) is 4.90. The highest BCUT2D eigenvalue weighted by Crippen LogP contribution is 2.22. The van der Waals surface area contributed by atoms with Crippen molar-refractivity contribution in [3.63, 3.8) is 0 Å². The topological polar surface area (TPSA) is 86.8 Å². The van der Waals surface area contributed by atoms with Crippen LogP contribution in [0.2, 0.25) is 0 Å². The van der Waals surface area contributed by atoms with Gasteiger partial charge in [-0.3, -0.25) is 9.59 Å². The van der Waals surface area contributed by atoms with Gasteiger partial charge in [-0.2, -0.15) is 4.31 Å². The highest BCUT2D eigenvalue weighted by molar-refractivity contribution is 7.89. The fraction of sp³-hybridized carbons (Fsp3) is 0.280. The smallest absolute Gasteiger partial charge is 0.243 e. The second-order valence-corrected chi connectivity index (χ2v) is 9.86. The third-order valence-electron chi connectivity index (χ3n) is 5.62. The van der Waals surface area contributed by atoms with Crippen LogP contribution in [0.4, 0.5) is 0 Å². The van der Waals surface area contributed by atoms with Gasteiger partial charge in [0.15, 0.2) is 0 Å². The lowest BCUT2D eigenvalue weighted by molar-refractivity contribution is -0.141. The molecule has 0 unspecified atom stereocenters. The zero-order chi connectivity index (χ0) is 24.0. The number of sulfonamides is 1. The van der Waals surface area contributed by atoms with Gasteiger partial charge < -0.3 is 10.2 Å². The van der Waals surface area contributed by atoms with E-state index in [0.717, 1.165) is 20.6 Å². The van der Waals surface area contributed by atoms with Crippen LogP contribution in [0.25, 0.3) is 10.8 Å². The molecule has 0 bridgehead atoms. The van der Waals surface area contributed by atoms with E-state index in [1.54, 1.807) is 18.2 Å². The van der Waals surface area contributed by atoms with Crippen molar-refractivity contribution >= 4 is 32.6 Å². The van der Waals surface area contributed by atoms with Crippen molar-refractivity contribution in [2.45, 2.75) is 30.8 Å². The molecule has 0 aliphatic rings. The molecular formula is C25H29N3O4S. The molecule has 0 aliphatic carbocycles. The molecule has 0 saturated carbocycles. The number of benzene rings is 3. The summed E-state index contributed by atoms with van der Waals surface area (Å²) in [5.74, 6) is -0.733. The van der Waals surface area contributed by atoms with E-state index >= 15 is 0 Å². The van der Waals surface area contributed by atoms with Gasteiger partial charge in [0.2, 0.25) is 21.8 Å². The molecule has 0 fully saturated rings. The van der Waals surface area contributed by atoms with Crippen LogP contribution in [0.15, 0.2) is 77.7 Å². The molecule has 0 aromatic heterocycles. The van der Waals surface area contributed by atoms with Crippen molar-refractivity contribution < 1.29 is 18.0 Å². The number of nitrogens with one attached hydrogen (secondary N) is 1. The van der Waals surface area contributed by atoms with Crippen LogP contribution in [0.1, 0.15) is 18.9 Å². The quantitative estimate of drug-likeness (QED) is 0.524. The van der Waals surface area contributed by atoms with Gasteiger partial charge >= 0.3 is 0 Å². The molecule has 1 N–H and O–H groups in total. The number of carbonyl (C=O) groups is 2. The van der Waals surface area contributed by atoms with Crippen LogP contribution in [-0.2, 0) is 26.2 Å². The molecular weight excluding hydrogens is 438 g/mol. The van der Waals surface area contributed by atoms with Crippen LogP contribution in [0.5, 0.6) is 0 Å². The predicted octanol–water partition coefficient (Wildman–Crippen LogP) is 3.01. The van der Waals surface area contributed by atoms with Gasteiger partial charge in [0.25, 0.3) is 0 Å². The minimum atomic E-state index is -3.90. The van der Waals surface area contributed by atoms with Crippen molar-refractivity contribution in [1.29, 1.82) is 0 Å². The summed E-state index contributed by atoms with van der Waals surface area (Å²) < 4.78 is 27.4.